The third-order valence-electron chi connectivity index (χ3n) is 4.58. The minimum atomic E-state index is -0.684. The Kier molecular flexibility index (Phi) is 8.01. The number of benzene rings is 1. The minimum absolute atomic E-state index is 0.0815. The van der Waals surface area contributed by atoms with Crippen molar-refractivity contribution in [2.24, 2.45) is 11.7 Å². The van der Waals surface area contributed by atoms with Crippen LogP contribution in [0.2, 0.25) is 10.0 Å². The molecule has 1 aromatic carbocycles. The predicted octanol–water partition coefficient (Wildman–Crippen LogP) is 5.02. The number of hydrogen-bond acceptors (Lipinski definition) is 3. The van der Waals surface area contributed by atoms with E-state index in [0.29, 0.717) is 21.7 Å². The number of rotatable bonds is 7. The van der Waals surface area contributed by atoms with E-state index in [1.165, 1.54) is 32.1 Å². The first-order valence-electron chi connectivity index (χ1n) is 9.03. The first kappa shape index (κ1) is 20.5. The molecule has 4 nitrogen and oxygen atoms in total. The second kappa shape index (κ2) is 9.77. The van der Waals surface area contributed by atoms with Gasteiger partial charge in [0.05, 0.1) is 16.1 Å². The fraction of sp³-hybridized carbons (Fsp3) is 0.632. The van der Waals surface area contributed by atoms with E-state index < -0.39 is 6.10 Å². The summed E-state index contributed by atoms with van der Waals surface area (Å²) in [6.07, 6.45) is 6.23. The maximum absolute atomic E-state index is 12.7. The molecule has 0 spiro atoms. The summed E-state index contributed by atoms with van der Waals surface area (Å²) in [5, 5.41) is 3.69. The minimum Gasteiger partial charge on any atom is -0.364 e. The van der Waals surface area contributed by atoms with Crippen LogP contribution >= 0.6 is 23.2 Å². The van der Waals surface area contributed by atoms with Gasteiger partial charge in [0.25, 0.3) is 5.91 Å². The predicted molar refractivity (Wildman–Crippen MR) is 104 cm³/mol. The molecule has 0 bridgehead atoms. The molecule has 1 unspecified atom stereocenters. The van der Waals surface area contributed by atoms with Gasteiger partial charge in [0, 0.05) is 11.7 Å². The van der Waals surface area contributed by atoms with Crippen LogP contribution in [0, 0.1) is 5.92 Å². The number of nitrogens with two attached hydrogens (primary N) is 1. The summed E-state index contributed by atoms with van der Waals surface area (Å²) in [5.41, 5.74) is 6.96. The van der Waals surface area contributed by atoms with Gasteiger partial charge in [-0.25, -0.2) is 0 Å². The molecule has 0 radical (unpaired) electrons. The molecule has 140 valence electrons. The molecule has 0 aromatic heterocycles. The van der Waals surface area contributed by atoms with Gasteiger partial charge in [-0.05, 0) is 44.4 Å². The zero-order valence-electron chi connectivity index (χ0n) is 14.9. The lowest BCUT2D eigenvalue weighted by atomic mass is 9.84. The van der Waals surface area contributed by atoms with Crippen LogP contribution in [0.4, 0.5) is 5.69 Å². The van der Waals surface area contributed by atoms with Crippen molar-refractivity contribution in [2.75, 3.05) is 5.32 Å². The highest BCUT2D eigenvalue weighted by Gasteiger charge is 2.30. The van der Waals surface area contributed by atoms with Crippen LogP contribution in [0.3, 0.4) is 0 Å². The molecule has 1 aliphatic carbocycles. The Balaban J connectivity index is 2.03. The summed E-state index contributed by atoms with van der Waals surface area (Å²) in [4.78, 5) is 12.7. The maximum Gasteiger partial charge on any atom is 0.255 e. The number of hydrogen-bond donors (Lipinski definition) is 2. The van der Waals surface area contributed by atoms with Crippen molar-refractivity contribution in [3.05, 3.63) is 28.2 Å². The average molecular weight is 387 g/mol. The van der Waals surface area contributed by atoms with Gasteiger partial charge in [-0.2, -0.15) is 0 Å². The Morgan fingerprint density at radius 1 is 1.24 bits per heavy atom. The number of ether oxygens (including phenoxy) is 1. The van der Waals surface area contributed by atoms with Crippen molar-refractivity contribution < 1.29 is 9.53 Å². The number of amides is 1. The van der Waals surface area contributed by atoms with Crippen LogP contribution in [0.15, 0.2) is 18.2 Å². The standard InChI is InChI=1S/C19H28Cl2N2O2/c1-12(2)25-18(17(22)10-13-6-4-3-5-7-13)19(24)23-14-8-9-15(20)16(21)11-14/h8-9,11-13,17-18H,3-7,10,22H2,1-2H3,(H,23,24)/t17-,18?/m1/s1. The third kappa shape index (κ3) is 6.45. The van der Waals surface area contributed by atoms with Gasteiger partial charge in [-0.15, -0.1) is 0 Å². The molecule has 25 heavy (non-hydrogen) atoms. The normalized spacial score (nSPS) is 18.2. The number of anilines is 1. The summed E-state index contributed by atoms with van der Waals surface area (Å²) in [6.45, 7) is 3.82. The van der Waals surface area contributed by atoms with E-state index in [1.54, 1.807) is 18.2 Å². The molecular weight excluding hydrogens is 359 g/mol. The monoisotopic (exact) mass is 386 g/mol. The third-order valence-corrected chi connectivity index (χ3v) is 5.32. The molecule has 6 heteroatoms. The topological polar surface area (TPSA) is 64.3 Å². The zero-order chi connectivity index (χ0) is 18.4. The highest BCUT2D eigenvalue weighted by Crippen LogP contribution is 2.29. The average Bonchev–Trinajstić information content (AvgIpc) is 2.56. The number of carbonyl (C=O) groups excluding carboxylic acids is 1. The van der Waals surface area contributed by atoms with Crippen LogP contribution in [0.1, 0.15) is 52.4 Å². The van der Waals surface area contributed by atoms with E-state index in [9.17, 15) is 4.79 Å². The van der Waals surface area contributed by atoms with E-state index in [-0.39, 0.29) is 18.1 Å². The van der Waals surface area contributed by atoms with Crippen molar-refractivity contribution in [3.63, 3.8) is 0 Å². The zero-order valence-corrected chi connectivity index (χ0v) is 16.4. The Hall–Kier alpha value is -0.810. The van der Waals surface area contributed by atoms with Crippen molar-refractivity contribution in [1.82, 2.24) is 0 Å². The van der Waals surface area contributed by atoms with Crippen LogP contribution in [-0.2, 0) is 9.53 Å². The molecule has 1 saturated carbocycles. The van der Waals surface area contributed by atoms with Crippen LogP contribution in [0.25, 0.3) is 0 Å². The van der Waals surface area contributed by atoms with Crippen LogP contribution in [0.5, 0.6) is 0 Å². The van der Waals surface area contributed by atoms with E-state index in [1.807, 2.05) is 13.8 Å². The molecule has 3 N–H and O–H groups in total. The van der Waals surface area contributed by atoms with Crippen molar-refractivity contribution in [1.29, 1.82) is 0 Å². The summed E-state index contributed by atoms with van der Waals surface area (Å²) >= 11 is 11.9. The molecule has 0 saturated heterocycles. The lowest BCUT2D eigenvalue weighted by Gasteiger charge is -2.30. The second-order valence-corrected chi connectivity index (χ2v) is 7.94. The Labute approximate surface area is 160 Å². The fourth-order valence-electron chi connectivity index (χ4n) is 3.37. The summed E-state index contributed by atoms with van der Waals surface area (Å²) in [7, 11) is 0. The number of nitrogens with one attached hydrogen (secondary N) is 1. The highest BCUT2D eigenvalue weighted by atomic mass is 35.5. The molecule has 1 aliphatic rings. The Morgan fingerprint density at radius 2 is 1.92 bits per heavy atom. The molecule has 1 fully saturated rings. The van der Waals surface area contributed by atoms with E-state index >= 15 is 0 Å². The largest absolute Gasteiger partial charge is 0.364 e. The van der Waals surface area contributed by atoms with Gasteiger partial charge >= 0.3 is 0 Å². The van der Waals surface area contributed by atoms with E-state index in [4.69, 9.17) is 33.7 Å². The first-order chi connectivity index (χ1) is 11.9. The maximum atomic E-state index is 12.7. The smallest absolute Gasteiger partial charge is 0.255 e. The number of halogens is 2. The van der Waals surface area contributed by atoms with E-state index in [2.05, 4.69) is 5.32 Å². The van der Waals surface area contributed by atoms with Gasteiger partial charge in [0.2, 0.25) is 0 Å². The fourth-order valence-corrected chi connectivity index (χ4v) is 3.67. The quantitative estimate of drug-likeness (QED) is 0.690. The molecule has 0 heterocycles. The van der Waals surface area contributed by atoms with Crippen LogP contribution in [-0.4, -0.2) is 24.2 Å². The van der Waals surface area contributed by atoms with Crippen molar-refractivity contribution in [3.8, 4) is 0 Å². The summed E-state index contributed by atoms with van der Waals surface area (Å²) < 4.78 is 5.85. The highest BCUT2D eigenvalue weighted by molar-refractivity contribution is 6.42. The number of carbonyl (C=O) groups is 1. The molecule has 2 atom stereocenters. The summed E-state index contributed by atoms with van der Waals surface area (Å²) in [6, 6.07) is 4.67. The molecule has 2 rings (SSSR count). The van der Waals surface area contributed by atoms with Gasteiger partial charge in [-0.1, -0.05) is 55.3 Å². The Morgan fingerprint density at radius 3 is 2.52 bits per heavy atom. The lowest BCUT2D eigenvalue weighted by molar-refractivity contribution is -0.132. The summed E-state index contributed by atoms with van der Waals surface area (Å²) in [5.74, 6) is 0.343. The van der Waals surface area contributed by atoms with Gasteiger partial charge < -0.3 is 15.8 Å². The molecular formula is C19H28Cl2N2O2. The van der Waals surface area contributed by atoms with E-state index in [0.717, 1.165) is 6.42 Å². The molecule has 1 aromatic rings. The van der Waals surface area contributed by atoms with Gasteiger partial charge in [-0.3, -0.25) is 4.79 Å². The lowest BCUT2D eigenvalue weighted by Crippen LogP contribution is -2.47. The Bertz CT molecular complexity index is 575. The van der Waals surface area contributed by atoms with Crippen molar-refractivity contribution >= 4 is 34.8 Å². The second-order valence-electron chi connectivity index (χ2n) is 7.13. The van der Waals surface area contributed by atoms with Crippen LogP contribution < -0.4 is 11.1 Å². The van der Waals surface area contributed by atoms with Crippen molar-refractivity contribution in [2.45, 2.75) is 70.6 Å². The SMILES string of the molecule is CC(C)OC(C(=O)Nc1ccc(Cl)c(Cl)c1)[C@H](N)CC1CCCCC1. The van der Waals surface area contributed by atoms with Gasteiger partial charge in [0.1, 0.15) is 0 Å². The molecule has 1 amide bonds. The first-order valence-corrected chi connectivity index (χ1v) is 9.79. The van der Waals surface area contributed by atoms with Gasteiger partial charge in [0.15, 0.2) is 6.10 Å². The molecule has 0 aliphatic heterocycles.